The Labute approximate surface area is 140 Å². The molecule has 1 aliphatic heterocycles. The van der Waals surface area contributed by atoms with Gasteiger partial charge in [-0.05, 0) is 19.8 Å². The second-order valence-corrected chi connectivity index (χ2v) is 6.10. The molecule has 0 aromatic carbocycles. The van der Waals surface area contributed by atoms with Crippen LogP contribution in [0.4, 0.5) is 5.82 Å². The quantitative estimate of drug-likeness (QED) is 0.905. The normalized spacial score (nSPS) is 17.6. The number of nitrogens with one attached hydrogen (secondary N) is 1. The van der Waals surface area contributed by atoms with E-state index in [9.17, 15) is 9.59 Å². The lowest BCUT2D eigenvalue weighted by molar-refractivity contribution is 0.0923. The van der Waals surface area contributed by atoms with Crippen molar-refractivity contribution in [3.63, 3.8) is 0 Å². The summed E-state index contributed by atoms with van der Waals surface area (Å²) in [7, 11) is 1.79. The highest BCUT2D eigenvalue weighted by atomic mass is 16.2. The molecule has 0 saturated carbocycles. The summed E-state index contributed by atoms with van der Waals surface area (Å²) >= 11 is 0. The number of hydrogen-bond donors (Lipinski definition) is 1. The van der Waals surface area contributed by atoms with Crippen LogP contribution in [0.1, 0.15) is 29.0 Å². The number of piperidine rings is 1. The van der Waals surface area contributed by atoms with Gasteiger partial charge in [-0.3, -0.25) is 14.6 Å². The molecule has 0 spiro atoms. The molecule has 0 bridgehead atoms. The lowest BCUT2D eigenvalue weighted by Gasteiger charge is -2.33. The van der Waals surface area contributed by atoms with E-state index < -0.39 is 0 Å². The van der Waals surface area contributed by atoms with E-state index in [1.165, 1.54) is 12.1 Å². The second-order valence-electron chi connectivity index (χ2n) is 6.10. The predicted molar refractivity (Wildman–Crippen MR) is 91.2 cm³/mol. The van der Waals surface area contributed by atoms with Crippen LogP contribution in [0.5, 0.6) is 0 Å². The van der Waals surface area contributed by atoms with Crippen LogP contribution in [0.25, 0.3) is 0 Å². The van der Waals surface area contributed by atoms with E-state index in [0.29, 0.717) is 12.2 Å². The molecule has 7 heteroatoms. The van der Waals surface area contributed by atoms with Crippen LogP contribution >= 0.6 is 0 Å². The Bertz CT molecular complexity index is 787. The molecule has 1 fully saturated rings. The van der Waals surface area contributed by atoms with Crippen LogP contribution in [0.15, 0.2) is 35.5 Å². The molecule has 0 unspecified atom stereocenters. The van der Waals surface area contributed by atoms with E-state index >= 15 is 0 Å². The van der Waals surface area contributed by atoms with E-state index in [1.807, 2.05) is 6.92 Å². The van der Waals surface area contributed by atoms with Gasteiger partial charge in [0.2, 0.25) is 0 Å². The minimum atomic E-state index is -0.218. The Balaban J connectivity index is 1.72. The second kappa shape index (κ2) is 6.82. The Hall–Kier alpha value is -2.70. The van der Waals surface area contributed by atoms with Crippen LogP contribution < -0.4 is 15.6 Å². The van der Waals surface area contributed by atoms with Crippen LogP contribution in [0.3, 0.4) is 0 Å². The first-order valence-corrected chi connectivity index (χ1v) is 8.04. The molecule has 3 heterocycles. The first-order chi connectivity index (χ1) is 11.5. The van der Waals surface area contributed by atoms with Crippen LogP contribution in [0, 0.1) is 6.92 Å². The number of carbonyl (C=O) groups is 1. The molecule has 24 heavy (non-hydrogen) atoms. The standard InChI is InChI=1S/C17H21N5O2/c1-12-8-14(23)9-15(21(12)2)17(24)20-13-4-3-7-22(11-13)16-10-18-5-6-19-16/h5-6,8-10,13H,3-4,7,11H2,1-2H3,(H,20,24)/t13-/m0/s1. The molecule has 2 aromatic heterocycles. The number of aromatic nitrogens is 3. The molecular formula is C17H21N5O2. The molecule has 1 N–H and O–H groups in total. The highest BCUT2D eigenvalue weighted by Crippen LogP contribution is 2.16. The summed E-state index contributed by atoms with van der Waals surface area (Å²) in [4.78, 5) is 34.8. The fourth-order valence-electron chi connectivity index (χ4n) is 3.00. The number of hydrogen-bond acceptors (Lipinski definition) is 5. The van der Waals surface area contributed by atoms with Crippen LogP contribution in [0.2, 0.25) is 0 Å². The third kappa shape index (κ3) is 3.45. The van der Waals surface area contributed by atoms with Crippen molar-refractivity contribution in [2.24, 2.45) is 7.05 Å². The Morgan fingerprint density at radius 3 is 2.92 bits per heavy atom. The zero-order valence-electron chi connectivity index (χ0n) is 13.9. The molecule has 1 saturated heterocycles. The summed E-state index contributed by atoms with van der Waals surface area (Å²) in [5, 5.41) is 3.04. The molecule has 0 radical (unpaired) electrons. The van der Waals surface area contributed by atoms with Gasteiger partial charge in [-0.2, -0.15) is 0 Å². The summed E-state index contributed by atoms with van der Waals surface area (Å²) in [6.07, 6.45) is 6.91. The van der Waals surface area contributed by atoms with E-state index in [0.717, 1.165) is 30.9 Å². The average molecular weight is 327 g/mol. The maximum absolute atomic E-state index is 12.6. The summed E-state index contributed by atoms with van der Waals surface area (Å²) in [6, 6.07) is 2.92. The first-order valence-electron chi connectivity index (χ1n) is 8.04. The van der Waals surface area contributed by atoms with Crippen molar-refractivity contribution in [2.45, 2.75) is 25.8 Å². The summed E-state index contributed by atoms with van der Waals surface area (Å²) in [5.74, 6) is 0.601. The number of aryl methyl sites for hydroxylation is 1. The van der Waals surface area contributed by atoms with E-state index in [-0.39, 0.29) is 17.4 Å². The molecule has 0 aliphatic carbocycles. The van der Waals surface area contributed by atoms with Gasteiger partial charge in [0.15, 0.2) is 5.43 Å². The van der Waals surface area contributed by atoms with Crippen molar-refractivity contribution in [3.05, 3.63) is 52.3 Å². The molecule has 1 amide bonds. The summed E-state index contributed by atoms with van der Waals surface area (Å²) in [6.45, 7) is 3.40. The average Bonchev–Trinajstić information content (AvgIpc) is 2.59. The SMILES string of the molecule is Cc1cc(=O)cc(C(=O)N[C@H]2CCCN(c3cnccn3)C2)n1C. The van der Waals surface area contributed by atoms with Gasteiger partial charge in [-0.15, -0.1) is 0 Å². The molecular weight excluding hydrogens is 306 g/mol. The van der Waals surface area contributed by atoms with E-state index in [1.54, 1.807) is 30.2 Å². The van der Waals surface area contributed by atoms with Crippen molar-refractivity contribution < 1.29 is 4.79 Å². The number of carbonyl (C=O) groups excluding carboxylic acids is 1. The zero-order valence-corrected chi connectivity index (χ0v) is 13.9. The van der Waals surface area contributed by atoms with Gasteiger partial charge in [0.1, 0.15) is 11.5 Å². The third-order valence-corrected chi connectivity index (χ3v) is 4.38. The minimum Gasteiger partial charge on any atom is -0.353 e. The van der Waals surface area contributed by atoms with Gasteiger partial charge < -0.3 is 14.8 Å². The van der Waals surface area contributed by atoms with Gasteiger partial charge in [0.05, 0.1) is 6.20 Å². The number of rotatable bonds is 3. The minimum absolute atomic E-state index is 0.0175. The first kappa shape index (κ1) is 16.2. The van der Waals surface area contributed by atoms with Gasteiger partial charge in [-0.25, -0.2) is 4.98 Å². The lowest BCUT2D eigenvalue weighted by atomic mass is 10.1. The van der Waals surface area contributed by atoms with Crippen molar-refractivity contribution in [1.29, 1.82) is 0 Å². The monoisotopic (exact) mass is 327 g/mol. The predicted octanol–water partition coefficient (Wildman–Crippen LogP) is 0.883. The molecule has 7 nitrogen and oxygen atoms in total. The van der Waals surface area contributed by atoms with Crippen molar-refractivity contribution in [2.75, 3.05) is 18.0 Å². The fourth-order valence-corrected chi connectivity index (χ4v) is 3.00. The Kier molecular flexibility index (Phi) is 4.59. The third-order valence-electron chi connectivity index (χ3n) is 4.38. The summed E-state index contributed by atoms with van der Waals surface area (Å²) in [5.41, 5.74) is 0.995. The lowest BCUT2D eigenvalue weighted by Crippen LogP contribution is -2.48. The number of nitrogens with zero attached hydrogens (tertiary/aromatic N) is 4. The van der Waals surface area contributed by atoms with E-state index in [4.69, 9.17) is 0 Å². The van der Waals surface area contributed by atoms with Crippen LogP contribution in [-0.2, 0) is 7.05 Å². The van der Waals surface area contributed by atoms with Gasteiger partial charge in [-0.1, -0.05) is 0 Å². The number of pyridine rings is 1. The molecule has 3 rings (SSSR count). The van der Waals surface area contributed by atoms with Crippen molar-refractivity contribution in [3.8, 4) is 0 Å². The Morgan fingerprint density at radius 1 is 1.33 bits per heavy atom. The van der Waals surface area contributed by atoms with Crippen molar-refractivity contribution >= 4 is 11.7 Å². The van der Waals surface area contributed by atoms with E-state index in [2.05, 4.69) is 20.2 Å². The maximum atomic E-state index is 12.6. The molecule has 1 atom stereocenters. The molecule has 2 aromatic rings. The zero-order chi connectivity index (χ0) is 17.1. The van der Waals surface area contributed by atoms with Crippen molar-refractivity contribution in [1.82, 2.24) is 19.9 Å². The van der Waals surface area contributed by atoms with Gasteiger partial charge >= 0.3 is 0 Å². The fraction of sp³-hybridized carbons (Fsp3) is 0.412. The number of amides is 1. The highest BCUT2D eigenvalue weighted by Gasteiger charge is 2.23. The smallest absolute Gasteiger partial charge is 0.268 e. The highest BCUT2D eigenvalue weighted by molar-refractivity contribution is 5.92. The summed E-state index contributed by atoms with van der Waals surface area (Å²) < 4.78 is 1.74. The molecule has 1 aliphatic rings. The topological polar surface area (TPSA) is 80.1 Å². The molecule has 126 valence electrons. The largest absolute Gasteiger partial charge is 0.353 e. The van der Waals surface area contributed by atoms with Gasteiger partial charge in [0.25, 0.3) is 5.91 Å². The van der Waals surface area contributed by atoms with Crippen LogP contribution in [-0.4, -0.2) is 39.6 Å². The maximum Gasteiger partial charge on any atom is 0.268 e. The Morgan fingerprint density at radius 2 is 2.17 bits per heavy atom. The number of anilines is 1. The van der Waals surface area contributed by atoms with Gasteiger partial charge in [0, 0.05) is 56.4 Å².